The molecule has 1 aromatic heterocycles. The van der Waals surface area contributed by atoms with Gasteiger partial charge in [0.15, 0.2) is 5.13 Å². The van der Waals surface area contributed by atoms with Gasteiger partial charge < -0.3 is 0 Å². The summed E-state index contributed by atoms with van der Waals surface area (Å²) in [5, 5.41) is 3.42. The third-order valence-corrected chi connectivity index (χ3v) is 8.74. The van der Waals surface area contributed by atoms with Crippen LogP contribution in [-0.4, -0.2) is 36.7 Å². The highest BCUT2D eigenvalue weighted by Crippen LogP contribution is 2.40. The Balaban J connectivity index is 1.30. The number of hydrogen-bond donors (Lipinski definition) is 1. The normalized spacial score (nSPS) is 16.4. The minimum absolute atomic E-state index is 0.232. The highest BCUT2D eigenvalue weighted by molar-refractivity contribution is 7.89. The largest absolute Gasteiger partial charge is 0.298 e. The van der Waals surface area contributed by atoms with Gasteiger partial charge in [-0.25, -0.2) is 13.4 Å². The summed E-state index contributed by atoms with van der Waals surface area (Å²) in [5.74, 6) is -0.292. The van der Waals surface area contributed by atoms with E-state index in [1.54, 1.807) is 16.4 Å². The molecule has 3 aromatic rings. The van der Waals surface area contributed by atoms with Crippen molar-refractivity contribution in [2.75, 3.05) is 18.4 Å². The molecule has 1 fully saturated rings. The molecule has 0 spiro atoms. The molecule has 2 aliphatic rings. The van der Waals surface area contributed by atoms with Gasteiger partial charge in [-0.3, -0.25) is 10.1 Å². The first-order valence-electron chi connectivity index (χ1n) is 10.5. The Labute approximate surface area is 186 Å². The summed E-state index contributed by atoms with van der Waals surface area (Å²) in [6, 6.07) is 14.3. The predicted molar refractivity (Wildman–Crippen MR) is 122 cm³/mol. The number of carbonyl (C=O) groups excluding carboxylic acids is 1. The fourth-order valence-electron chi connectivity index (χ4n) is 4.19. The van der Waals surface area contributed by atoms with Crippen LogP contribution in [0.5, 0.6) is 0 Å². The molecule has 1 N–H and O–H groups in total. The monoisotopic (exact) mass is 453 g/mol. The van der Waals surface area contributed by atoms with E-state index in [2.05, 4.69) is 22.4 Å². The van der Waals surface area contributed by atoms with Crippen molar-refractivity contribution in [1.29, 1.82) is 0 Å². The van der Waals surface area contributed by atoms with E-state index in [1.165, 1.54) is 29.0 Å². The molecule has 0 unspecified atom stereocenters. The minimum Gasteiger partial charge on any atom is -0.298 e. The van der Waals surface area contributed by atoms with Crippen LogP contribution in [0.15, 0.2) is 53.4 Å². The van der Waals surface area contributed by atoms with Crippen molar-refractivity contribution in [2.45, 2.75) is 37.0 Å². The van der Waals surface area contributed by atoms with Crippen LogP contribution in [0.25, 0.3) is 11.3 Å². The topological polar surface area (TPSA) is 79.4 Å². The summed E-state index contributed by atoms with van der Waals surface area (Å²) in [5.41, 5.74) is 3.73. The molecule has 6 nitrogen and oxygen atoms in total. The molecule has 31 heavy (non-hydrogen) atoms. The van der Waals surface area contributed by atoms with Gasteiger partial charge in [-0.2, -0.15) is 4.31 Å². The third-order valence-electron chi connectivity index (χ3n) is 5.86. The van der Waals surface area contributed by atoms with E-state index in [-0.39, 0.29) is 10.8 Å². The number of anilines is 1. The molecule has 2 aromatic carbocycles. The van der Waals surface area contributed by atoms with Gasteiger partial charge in [0.1, 0.15) is 0 Å². The second-order valence-corrected chi connectivity index (χ2v) is 10.9. The lowest BCUT2D eigenvalue weighted by Gasteiger charge is -2.20. The number of benzene rings is 2. The van der Waals surface area contributed by atoms with Gasteiger partial charge in [0.25, 0.3) is 5.91 Å². The zero-order chi connectivity index (χ0) is 21.4. The highest BCUT2D eigenvalue weighted by Gasteiger charge is 2.26. The van der Waals surface area contributed by atoms with Gasteiger partial charge in [-0.05, 0) is 42.7 Å². The molecule has 0 bridgehead atoms. The molecule has 0 atom stereocenters. The molecule has 8 heteroatoms. The Morgan fingerprint density at radius 3 is 2.42 bits per heavy atom. The molecule has 5 rings (SSSR count). The number of rotatable bonds is 4. The van der Waals surface area contributed by atoms with E-state index in [0.717, 1.165) is 48.2 Å². The van der Waals surface area contributed by atoms with Crippen molar-refractivity contribution in [3.05, 3.63) is 64.5 Å². The first-order chi connectivity index (χ1) is 15.0. The van der Waals surface area contributed by atoms with Crippen molar-refractivity contribution >= 4 is 32.4 Å². The summed E-state index contributed by atoms with van der Waals surface area (Å²) in [7, 11) is -3.52. The van der Waals surface area contributed by atoms with Gasteiger partial charge in [0.2, 0.25) is 10.0 Å². The van der Waals surface area contributed by atoms with Crippen molar-refractivity contribution in [1.82, 2.24) is 9.29 Å². The Morgan fingerprint density at radius 1 is 0.968 bits per heavy atom. The van der Waals surface area contributed by atoms with Crippen LogP contribution in [0.1, 0.15) is 46.5 Å². The quantitative estimate of drug-likeness (QED) is 0.492. The number of fused-ring (bicyclic) bond motifs is 3. The molecular weight excluding hydrogens is 430 g/mol. The van der Waals surface area contributed by atoms with Crippen molar-refractivity contribution in [3.8, 4) is 11.3 Å². The highest BCUT2D eigenvalue weighted by atomic mass is 32.2. The Bertz CT molecular complexity index is 1230. The van der Waals surface area contributed by atoms with Crippen molar-refractivity contribution < 1.29 is 13.2 Å². The van der Waals surface area contributed by atoms with E-state index in [0.29, 0.717) is 23.8 Å². The number of nitrogens with zero attached hydrogens (tertiary/aromatic N) is 2. The molecule has 2 heterocycles. The van der Waals surface area contributed by atoms with Crippen molar-refractivity contribution in [3.63, 3.8) is 0 Å². The van der Waals surface area contributed by atoms with Crippen LogP contribution < -0.4 is 5.32 Å². The lowest BCUT2D eigenvalue weighted by molar-refractivity contribution is 0.102. The SMILES string of the molecule is O=C(Nc1nc2c(s1)Cc1ccccc1-2)c1ccc(S(=O)(=O)N2CCCCCC2)cc1. The Kier molecular flexibility index (Phi) is 5.37. The second-order valence-electron chi connectivity index (χ2n) is 7.92. The first-order valence-corrected chi connectivity index (χ1v) is 12.8. The van der Waals surface area contributed by atoms with E-state index >= 15 is 0 Å². The lowest BCUT2D eigenvalue weighted by Crippen LogP contribution is -2.31. The average molecular weight is 454 g/mol. The van der Waals surface area contributed by atoms with Gasteiger partial charge in [-0.15, -0.1) is 11.3 Å². The molecule has 0 radical (unpaired) electrons. The van der Waals surface area contributed by atoms with E-state index in [4.69, 9.17) is 0 Å². The van der Waals surface area contributed by atoms with Crippen LogP contribution in [0.2, 0.25) is 0 Å². The standard InChI is InChI=1S/C23H23N3O3S2/c27-22(25-23-24-21-19-8-4-3-7-17(19)15-20(21)30-23)16-9-11-18(12-10-16)31(28,29)26-13-5-1-2-6-14-26/h3-4,7-12H,1-2,5-6,13-15H2,(H,24,25,27). The molecular formula is C23H23N3O3S2. The zero-order valence-electron chi connectivity index (χ0n) is 17.0. The van der Waals surface area contributed by atoms with E-state index < -0.39 is 10.0 Å². The van der Waals surface area contributed by atoms with Gasteiger partial charge in [-0.1, -0.05) is 37.1 Å². The maximum atomic E-state index is 12.9. The fraction of sp³-hybridized carbons (Fsp3) is 0.304. The maximum Gasteiger partial charge on any atom is 0.257 e. The predicted octanol–water partition coefficient (Wildman–Crippen LogP) is 4.53. The number of hydrogen-bond acceptors (Lipinski definition) is 5. The van der Waals surface area contributed by atoms with Crippen LogP contribution in [0.3, 0.4) is 0 Å². The van der Waals surface area contributed by atoms with Crippen LogP contribution in [-0.2, 0) is 16.4 Å². The average Bonchev–Trinajstić information content (AvgIpc) is 3.17. The number of nitrogens with one attached hydrogen (secondary N) is 1. The van der Waals surface area contributed by atoms with Gasteiger partial charge in [0.05, 0.1) is 10.6 Å². The molecule has 1 aliphatic heterocycles. The number of amides is 1. The van der Waals surface area contributed by atoms with E-state index in [1.807, 2.05) is 12.1 Å². The third kappa shape index (κ3) is 3.91. The Morgan fingerprint density at radius 2 is 1.68 bits per heavy atom. The van der Waals surface area contributed by atoms with Crippen LogP contribution >= 0.6 is 11.3 Å². The number of sulfonamides is 1. The minimum atomic E-state index is -3.52. The second kappa shape index (κ2) is 8.18. The molecule has 0 saturated carbocycles. The van der Waals surface area contributed by atoms with Crippen LogP contribution in [0, 0.1) is 0 Å². The zero-order valence-corrected chi connectivity index (χ0v) is 18.6. The summed E-state index contributed by atoms with van der Waals surface area (Å²) >= 11 is 1.48. The number of aromatic nitrogens is 1. The van der Waals surface area contributed by atoms with Gasteiger partial charge >= 0.3 is 0 Å². The first kappa shape index (κ1) is 20.4. The summed E-state index contributed by atoms with van der Waals surface area (Å²) < 4.78 is 27.4. The molecule has 1 saturated heterocycles. The molecule has 1 aliphatic carbocycles. The molecule has 160 valence electrons. The fourth-order valence-corrected chi connectivity index (χ4v) is 6.70. The van der Waals surface area contributed by atoms with Crippen molar-refractivity contribution in [2.24, 2.45) is 0 Å². The number of carbonyl (C=O) groups is 1. The van der Waals surface area contributed by atoms with Crippen LogP contribution in [0.4, 0.5) is 5.13 Å². The smallest absolute Gasteiger partial charge is 0.257 e. The van der Waals surface area contributed by atoms with Gasteiger partial charge in [0, 0.05) is 35.5 Å². The lowest BCUT2D eigenvalue weighted by atomic mass is 10.1. The Hall–Kier alpha value is -2.55. The molecule has 1 amide bonds. The summed E-state index contributed by atoms with van der Waals surface area (Å²) in [6.07, 6.45) is 4.75. The summed E-state index contributed by atoms with van der Waals surface area (Å²) in [6.45, 7) is 1.12. The summed E-state index contributed by atoms with van der Waals surface area (Å²) in [4.78, 5) is 18.7. The van der Waals surface area contributed by atoms with E-state index in [9.17, 15) is 13.2 Å². The number of thiazole rings is 1. The maximum absolute atomic E-state index is 12.9.